The van der Waals surface area contributed by atoms with Gasteiger partial charge in [-0.1, -0.05) is 36.4 Å². The summed E-state index contributed by atoms with van der Waals surface area (Å²) in [5.41, 5.74) is -10.2. The smallest absolute Gasteiger partial charge is 0.417 e. The van der Waals surface area contributed by atoms with Gasteiger partial charge in [-0.2, -0.15) is 39.5 Å². The third-order valence-electron chi connectivity index (χ3n) is 7.74. The molecule has 0 saturated carbocycles. The van der Waals surface area contributed by atoms with Crippen LogP contribution in [0.1, 0.15) is 79.0 Å². The highest BCUT2D eigenvalue weighted by Crippen LogP contribution is 2.47. The Balaban J connectivity index is 0.000000466. The molecule has 4 rings (SSSR count). The second kappa shape index (κ2) is 21.7. The minimum Gasteiger partial charge on any atom is -0.744 e. The molecule has 12 nitrogen and oxygen atoms in total. The lowest BCUT2D eigenvalue weighted by Crippen LogP contribution is -2.28. The van der Waals surface area contributed by atoms with Crippen molar-refractivity contribution < 1.29 is 95.3 Å². The number of hydrogen-bond acceptors (Lipinski definition) is 12. The molecule has 0 bridgehead atoms. The maximum atomic E-state index is 12.8. The normalized spacial score (nSPS) is 12.6. The van der Waals surface area contributed by atoms with E-state index in [1.807, 2.05) is 60.7 Å². The first-order chi connectivity index (χ1) is 30.9. The van der Waals surface area contributed by atoms with Gasteiger partial charge in [0.05, 0.1) is 21.6 Å². The molecule has 4 aromatic carbocycles. The average Bonchev–Trinajstić information content (AvgIpc) is 3.16. The molecule has 0 aliphatic heterocycles. The summed E-state index contributed by atoms with van der Waals surface area (Å²) in [6.45, 7) is 14.7. The number of benzene rings is 4. The number of alkyl halides is 9. The molecule has 0 unspecified atom stereocenters. The quantitative estimate of drug-likeness (QED) is 0.0410. The molecule has 0 aliphatic carbocycles. The predicted octanol–water partition coefficient (Wildman–Crippen LogP) is 10.6. The highest BCUT2D eigenvalue weighted by atomic mass is 32.2. The molecule has 0 N–H and O–H groups in total. The summed E-state index contributed by atoms with van der Waals surface area (Å²) in [5.74, 6) is -1.01. The number of rotatable bonds is 13. The summed E-state index contributed by atoms with van der Waals surface area (Å²) < 4.78 is 179. The summed E-state index contributed by atoms with van der Waals surface area (Å²) in [6, 6.07) is 21.0. The van der Waals surface area contributed by atoms with Crippen LogP contribution in [-0.2, 0) is 68.1 Å². The number of ether oxygens (including phenoxy) is 6. The molecule has 0 spiro atoms. The SMILES string of the molecule is CC(C)(C)OC(=O)COc1cc(OCC(=O)OC(C)(C)C)c([S+](c2ccccc2)c2ccccc2)c(OCC(=O)OC(C)(C)C)c1.O=S(=O)([O-])c1c(C(F)(F)F)cc(C(F)(F)F)cc1C(F)(F)F. The van der Waals surface area contributed by atoms with Gasteiger partial charge in [0.25, 0.3) is 0 Å². The van der Waals surface area contributed by atoms with E-state index in [1.54, 1.807) is 74.4 Å². The number of carbonyl (C=O) groups is 3. The average molecular weight is 1010 g/mol. The van der Waals surface area contributed by atoms with Crippen molar-refractivity contribution >= 4 is 38.9 Å². The van der Waals surface area contributed by atoms with Gasteiger partial charge in [0.1, 0.15) is 43.6 Å². The van der Waals surface area contributed by atoms with Gasteiger partial charge in [-0.15, -0.1) is 0 Å². The maximum absolute atomic E-state index is 12.8. The molecule has 0 amide bonds. The van der Waals surface area contributed by atoms with E-state index in [4.69, 9.17) is 28.4 Å². The first kappa shape index (κ1) is 56.6. The van der Waals surface area contributed by atoms with Crippen molar-refractivity contribution in [3.8, 4) is 17.2 Å². The van der Waals surface area contributed by atoms with E-state index < -0.39 is 128 Å². The van der Waals surface area contributed by atoms with Gasteiger partial charge in [-0.25, -0.2) is 22.8 Å². The summed E-state index contributed by atoms with van der Waals surface area (Å²) in [7, 11) is -7.19. The van der Waals surface area contributed by atoms with Gasteiger partial charge in [0, 0.05) is 12.1 Å². The molecule has 0 fully saturated rings. The Hall–Kier alpha value is -5.68. The Kier molecular flexibility index (Phi) is 18.1. The zero-order valence-electron chi connectivity index (χ0n) is 37.8. The van der Waals surface area contributed by atoms with Crippen LogP contribution in [0.25, 0.3) is 0 Å². The zero-order valence-corrected chi connectivity index (χ0v) is 39.5. The fraction of sp³-hybridized carbons (Fsp3) is 0.400. The molecule has 23 heteroatoms. The van der Waals surface area contributed by atoms with E-state index in [1.165, 1.54) is 0 Å². The van der Waals surface area contributed by atoms with E-state index in [0.29, 0.717) is 4.90 Å². The summed E-state index contributed by atoms with van der Waals surface area (Å²) in [6.07, 6.45) is -17.5. The molecule has 374 valence electrons. The molecule has 0 atom stereocenters. The zero-order chi connectivity index (χ0) is 51.8. The minimum atomic E-state index is -6.35. The maximum Gasteiger partial charge on any atom is 0.417 e. The summed E-state index contributed by atoms with van der Waals surface area (Å²) in [5, 5.41) is 0. The number of esters is 3. The Morgan fingerprint density at radius 1 is 0.515 bits per heavy atom. The Morgan fingerprint density at radius 3 is 1.12 bits per heavy atom. The van der Waals surface area contributed by atoms with Gasteiger partial charge in [-0.3, -0.25) is 0 Å². The lowest BCUT2D eigenvalue weighted by atomic mass is 10.0. The van der Waals surface area contributed by atoms with Crippen LogP contribution in [0.3, 0.4) is 0 Å². The Bertz CT molecular complexity index is 2360. The molecular formula is C45H47F9O12S2. The Morgan fingerprint density at radius 2 is 0.838 bits per heavy atom. The van der Waals surface area contributed by atoms with Gasteiger partial charge in [-0.05, 0) is 98.7 Å². The topological polar surface area (TPSA) is 164 Å². The Labute approximate surface area is 389 Å². The number of carbonyl (C=O) groups excluding carboxylic acids is 3. The van der Waals surface area contributed by atoms with E-state index in [-0.39, 0.29) is 17.2 Å². The third-order valence-corrected chi connectivity index (χ3v) is 11.0. The monoisotopic (exact) mass is 1010 g/mol. The molecule has 0 saturated heterocycles. The van der Waals surface area contributed by atoms with E-state index in [0.717, 1.165) is 9.79 Å². The molecular weight excluding hydrogens is 968 g/mol. The van der Waals surface area contributed by atoms with Crippen LogP contribution in [-0.4, -0.2) is 67.5 Å². The van der Waals surface area contributed by atoms with E-state index in [2.05, 4.69) is 0 Å². The summed E-state index contributed by atoms with van der Waals surface area (Å²) >= 11 is 0. The predicted molar refractivity (Wildman–Crippen MR) is 225 cm³/mol. The minimum absolute atomic E-state index is 0.206. The van der Waals surface area contributed by atoms with Crippen LogP contribution in [0, 0.1) is 0 Å². The van der Waals surface area contributed by atoms with Crippen LogP contribution < -0.4 is 14.2 Å². The fourth-order valence-corrected chi connectivity index (χ4v) is 8.68. The van der Waals surface area contributed by atoms with Crippen LogP contribution >= 0.6 is 0 Å². The van der Waals surface area contributed by atoms with Crippen molar-refractivity contribution in [3.63, 3.8) is 0 Å². The molecule has 0 radical (unpaired) electrons. The van der Waals surface area contributed by atoms with Crippen LogP contribution in [0.5, 0.6) is 17.2 Å². The third kappa shape index (κ3) is 18.1. The first-order valence-corrected chi connectivity index (χ1v) is 22.4. The standard InChI is InChI=1S/C36H45O9S.C9H3F9O3S/c1-34(2,3)43-30(37)22-40-25-20-28(41-23-31(38)44-35(4,5)6)33(29(21-25)42-24-32(39)45-36(7,8)9)46(26-16-12-10-13-17-26)27-18-14-11-15-19-27;10-7(11,12)3-1-4(8(13,14)15)6(22(19,20)21)5(2-3)9(16,17)18/h10-21H,22-24H2,1-9H3;1-2H,(H,19,20,21)/q+1;/p-1. The first-order valence-electron chi connectivity index (χ1n) is 19.8. The highest BCUT2D eigenvalue weighted by molar-refractivity contribution is 7.97. The van der Waals surface area contributed by atoms with Crippen LogP contribution in [0.15, 0.2) is 105 Å². The number of halogens is 9. The second-order valence-electron chi connectivity index (χ2n) is 17.2. The van der Waals surface area contributed by atoms with E-state index >= 15 is 0 Å². The van der Waals surface area contributed by atoms with Crippen LogP contribution in [0.2, 0.25) is 0 Å². The van der Waals surface area contributed by atoms with Crippen molar-refractivity contribution in [2.75, 3.05) is 19.8 Å². The van der Waals surface area contributed by atoms with Crippen molar-refractivity contribution in [1.82, 2.24) is 0 Å². The fourth-order valence-electron chi connectivity index (χ4n) is 5.55. The lowest BCUT2D eigenvalue weighted by molar-refractivity contribution is -0.158. The largest absolute Gasteiger partial charge is 0.744 e. The summed E-state index contributed by atoms with van der Waals surface area (Å²) in [4.78, 5) is 37.7. The van der Waals surface area contributed by atoms with Crippen LogP contribution in [0.4, 0.5) is 39.5 Å². The number of hydrogen-bond donors (Lipinski definition) is 0. The van der Waals surface area contributed by atoms with Gasteiger partial charge in [0.15, 0.2) is 41.1 Å². The van der Waals surface area contributed by atoms with Gasteiger partial charge < -0.3 is 33.0 Å². The molecule has 68 heavy (non-hydrogen) atoms. The van der Waals surface area contributed by atoms with Crippen molar-refractivity contribution in [2.45, 2.75) is 117 Å². The molecule has 4 aromatic rings. The molecule has 0 heterocycles. The molecule has 0 aliphatic rings. The lowest BCUT2D eigenvalue weighted by Gasteiger charge is -2.22. The second-order valence-corrected chi connectivity index (χ2v) is 20.4. The van der Waals surface area contributed by atoms with E-state index in [9.17, 15) is 66.9 Å². The van der Waals surface area contributed by atoms with Crippen molar-refractivity contribution in [2.24, 2.45) is 0 Å². The van der Waals surface area contributed by atoms with Gasteiger partial charge in [0.2, 0.25) is 4.90 Å². The van der Waals surface area contributed by atoms with Gasteiger partial charge >= 0.3 is 36.4 Å². The molecule has 0 aromatic heterocycles. The van der Waals surface area contributed by atoms with Crippen molar-refractivity contribution in [1.29, 1.82) is 0 Å². The highest BCUT2D eigenvalue weighted by Gasteiger charge is 2.46. The van der Waals surface area contributed by atoms with Crippen molar-refractivity contribution in [3.05, 3.63) is 102 Å².